The molecular formula is C74H133N3O33. The third kappa shape index (κ3) is 28.4. The van der Waals surface area contributed by atoms with Gasteiger partial charge in [0.25, 0.3) is 0 Å². The number of unbranched alkanes of at least 4 members (excludes halogenated alkanes) is 23. The van der Waals surface area contributed by atoms with Crippen molar-refractivity contribution in [2.75, 3.05) is 46.2 Å². The molecule has 110 heavy (non-hydrogen) atoms. The fourth-order valence-electron chi connectivity index (χ4n) is 14.7. The van der Waals surface area contributed by atoms with Crippen molar-refractivity contribution in [3.8, 4) is 0 Å². The Morgan fingerprint density at radius 2 is 0.673 bits per heavy atom. The summed E-state index contributed by atoms with van der Waals surface area (Å²) in [5.41, 5.74) is 0. The van der Waals surface area contributed by atoms with Gasteiger partial charge < -0.3 is 165 Å². The first kappa shape index (κ1) is 95.8. The van der Waals surface area contributed by atoms with E-state index in [4.69, 9.17) is 56.8 Å². The molecule has 642 valence electrons. The number of carbonyl (C=O) groups excluding carboxylic acids is 3. The zero-order valence-corrected chi connectivity index (χ0v) is 64.1. The molecule has 0 aromatic rings. The molecule has 0 bridgehead atoms. The number of rotatable bonds is 50. The number of carbonyl (C=O) groups is 3. The predicted octanol–water partition coefficient (Wildman–Crippen LogP) is -3.20. The topological polar surface area (TPSA) is 562 Å². The third-order valence-electron chi connectivity index (χ3n) is 21.2. The predicted molar refractivity (Wildman–Crippen MR) is 385 cm³/mol. The summed E-state index contributed by atoms with van der Waals surface area (Å²) in [5, 5.41) is 208. The largest absolute Gasteiger partial charge is 0.394 e. The smallest absolute Gasteiger partial charge is 0.220 e. The van der Waals surface area contributed by atoms with Gasteiger partial charge in [-0.2, -0.15) is 0 Å². The maximum absolute atomic E-state index is 13.5. The maximum atomic E-state index is 13.5. The molecule has 6 heterocycles. The normalized spacial score (nSPS) is 37.7. The van der Waals surface area contributed by atoms with Crippen LogP contribution in [0.2, 0.25) is 0 Å². The Morgan fingerprint density at radius 3 is 1.05 bits per heavy atom. The van der Waals surface area contributed by atoms with Gasteiger partial charge in [-0.15, -0.1) is 0 Å². The van der Waals surface area contributed by atoms with Gasteiger partial charge in [-0.1, -0.05) is 167 Å². The van der Waals surface area contributed by atoms with Crippen LogP contribution in [0.25, 0.3) is 0 Å². The lowest BCUT2D eigenvalue weighted by molar-refractivity contribution is -0.387. The van der Waals surface area contributed by atoms with E-state index in [2.05, 4.69) is 29.8 Å². The van der Waals surface area contributed by atoms with Crippen LogP contribution in [0.3, 0.4) is 0 Å². The highest BCUT2D eigenvalue weighted by molar-refractivity contribution is 5.76. The molecule has 12 unspecified atom stereocenters. The first-order chi connectivity index (χ1) is 52.8. The number of amides is 3. The van der Waals surface area contributed by atoms with Crippen LogP contribution in [0.5, 0.6) is 0 Å². The van der Waals surface area contributed by atoms with Gasteiger partial charge in [0.2, 0.25) is 17.7 Å². The van der Waals surface area contributed by atoms with E-state index in [-0.39, 0.29) is 12.3 Å². The number of hydrogen-bond acceptors (Lipinski definition) is 33. The van der Waals surface area contributed by atoms with Gasteiger partial charge in [-0.25, -0.2) is 0 Å². The minimum atomic E-state index is -2.24. The van der Waals surface area contributed by atoms with E-state index in [1.165, 1.54) is 96.3 Å². The van der Waals surface area contributed by atoms with Crippen molar-refractivity contribution in [2.45, 2.75) is 391 Å². The van der Waals surface area contributed by atoms with Crippen LogP contribution < -0.4 is 16.0 Å². The van der Waals surface area contributed by atoms with Crippen molar-refractivity contribution >= 4 is 17.7 Å². The summed E-state index contributed by atoms with van der Waals surface area (Å²) in [6.45, 7) is 0.0615. The van der Waals surface area contributed by atoms with E-state index < -0.39 is 254 Å². The summed E-state index contributed by atoms with van der Waals surface area (Å²) < 4.78 is 70.7. The van der Waals surface area contributed by atoms with Crippen molar-refractivity contribution < 1.29 is 163 Å². The quantitative estimate of drug-likeness (QED) is 0.0211. The number of ether oxygens (including phenoxy) is 12. The first-order valence-corrected chi connectivity index (χ1v) is 40.0. The van der Waals surface area contributed by atoms with Crippen molar-refractivity contribution in [1.29, 1.82) is 0 Å². The fraction of sp³-hybridized carbons (Fsp3) is 0.932. The molecule has 6 aliphatic rings. The Morgan fingerprint density at radius 1 is 0.355 bits per heavy atom. The molecule has 36 heteroatoms. The SMILES string of the molecule is CCCCCCCCCCCCC/C=C/[C@@H](O)[C@H](CO[C@@H]1OC(CO)[C@@H](O[C@@H]2OC(CO)[C@H](O)[C@H](O[C@@H]3OC(CO)[C@@H](O[C@@H]4OC(CO)[C@H](O)[C@H](O[C@H]5OC(CO)[C@@H](O[C@@H]6OC(CO)[C@H](O)[C@H](O)C6O)[C@H](O)C5NC(C)=O)C4O)[C@H](O)C3NC(C)=O)C2O)[C@H](O)C1O)NC(=O)CCCCCCCCCCCCCCC. The zero-order valence-electron chi connectivity index (χ0n) is 64.1. The Kier molecular flexibility index (Phi) is 44.0. The van der Waals surface area contributed by atoms with Gasteiger partial charge in [0, 0.05) is 20.3 Å². The van der Waals surface area contributed by atoms with Crippen molar-refractivity contribution in [3.63, 3.8) is 0 Å². The van der Waals surface area contributed by atoms with Crippen LogP contribution >= 0.6 is 0 Å². The monoisotopic (exact) mass is 1590 g/mol. The lowest BCUT2D eigenvalue weighted by Gasteiger charge is -2.51. The van der Waals surface area contributed by atoms with Gasteiger partial charge in [0.05, 0.1) is 58.4 Å². The minimum absolute atomic E-state index is 0.175. The molecule has 21 N–H and O–H groups in total. The Hall–Kier alpha value is -3.05. The van der Waals surface area contributed by atoms with Crippen LogP contribution in [0, 0.1) is 0 Å². The molecule has 0 spiro atoms. The summed E-state index contributed by atoms with van der Waals surface area (Å²) in [6, 6.07) is -4.66. The number of aliphatic hydroxyl groups is 18. The Balaban J connectivity index is 1.10. The van der Waals surface area contributed by atoms with Crippen LogP contribution in [-0.2, 0) is 71.2 Å². The average Bonchev–Trinajstić information content (AvgIpc) is 0.766. The first-order valence-electron chi connectivity index (χ1n) is 40.0. The van der Waals surface area contributed by atoms with Crippen LogP contribution in [0.1, 0.15) is 195 Å². The van der Waals surface area contributed by atoms with E-state index >= 15 is 0 Å². The Labute approximate surface area is 643 Å². The molecule has 0 aromatic heterocycles. The Bertz CT molecular complexity index is 2560. The minimum Gasteiger partial charge on any atom is -0.394 e. The molecule has 3 amide bonds. The molecule has 32 atom stereocenters. The van der Waals surface area contributed by atoms with Gasteiger partial charge in [0.1, 0.15) is 146 Å². The molecule has 0 saturated carbocycles. The van der Waals surface area contributed by atoms with Crippen LogP contribution in [0.15, 0.2) is 12.2 Å². The zero-order chi connectivity index (χ0) is 80.6. The molecular weight excluding hydrogens is 1460 g/mol. The number of allylic oxidation sites excluding steroid dienone is 1. The second-order valence-corrected chi connectivity index (χ2v) is 29.9. The average molecular weight is 1590 g/mol. The van der Waals surface area contributed by atoms with Crippen LogP contribution in [-0.4, -0.2) is 352 Å². The fourth-order valence-corrected chi connectivity index (χ4v) is 14.7. The van der Waals surface area contributed by atoms with Gasteiger partial charge in [0.15, 0.2) is 37.7 Å². The van der Waals surface area contributed by atoms with E-state index in [0.717, 1.165) is 65.2 Å². The van der Waals surface area contributed by atoms with Crippen molar-refractivity contribution in [2.24, 2.45) is 0 Å². The third-order valence-corrected chi connectivity index (χ3v) is 21.2. The van der Waals surface area contributed by atoms with E-state index in [9.17, 15) is 106 Å². The summed E-state index contributed by atoms with van der Waals surface area (Å²) >= 11 is 0. The van der Waals surface area contributed by atoms with E-state index in [0.29, 0.717) is 12.8 Å². The number of nitrogens with one attached hydrogen (secondary N) is 3. The highest BCUT2D eigenvalue weighted by atomic mass is 16.8. The van der Waals surface area contributed by atoms with Crippen LogP contribution in [0.4, 0.5) is 0 Å². The van der Waals surface area contributed by atoms with Gasteiger partial charge >= 0.3 is 0 Å². The van der Waals surface area contributed by atoms with E-state index in [1.807, 2.05) is 6.08 Å². The summed E-state index contributed by atoms with van der Waals surface area (Å²) in [4.78, 5) is 39.1. The lowest BCUT2D eigenvalue weighted by Crippen LogP contribution is -2.70. The second kappa shape index (κ2) is 50.5. The molecule has 0 aromatic carbocycles. The van der Waals surface area contributed by atoms with E-state index in [1.54, 1.807) is 6.08 Å². The number of hydrogen-bond donors (Lipinski definition) is 21. The molecule has 6 saturated heterocycles. The lowest BCUT2D eigenvalue weighted by atomic mass is 9.93. The molecule has 6 aliphatic heterocycles. The van der Waals surface area contributed by atoms with Crippen molar-refractivity contribution in [3.05, 3.63) is 12.2 Å². The summed E-state index contributed by atoms with van der Waals surface area (Å²) in [5.74, 6) is -2.05. The molecule has 36 nitrogen and oxygen atoms in total. The summed E-state index contributed by atoms with van der Waals surface area (Å²) in [6.07, 6.45) is -23.2. The second-order valence-electron chi connectivity index (χ2n) is 29.9. The standard InChI is InChI=1S/C74H133N3O33/c1-5-7-9-11-13-15-17-19-21-23-25-27-29-31-43(86)42(77-50(87)32-30-28-26-24-22-20-18-16-14-12-10-8-6-2)39-99-71-61(96)59(94)66(49(38-83)105-71)108-74-63(98)68(55(90)46(35-80)102-74)110-70-52(76-41(4)85)57(92)65(48(37-82)104-70)107-73-62(97)67(54(89)45(34-79)101-73)109-69-51(75-40(3)84)56(91)64(47(36-81)103-69)106-72-60(95)58(93)53(88)44(33-78)100-72/h29,31,42-49,51-74,78-83,86,88-98H,5-28,30,32-39H2,1-4H3,(H,75,84)(H,76,85)(H,77,87)/b31-29+/t42-,43+,44?,45?,46?,47?,48?,49?,51?,52?,53-,54-,55-,56+,57+,58-,59+,60?,61?,62?,63?,64+,65+,66+,67-,68-,69+,70-,71+,72-,73-,74-/m0/s1. The molecule has 6 fully saturated rings. The highest BCUT2D eigenvalue weighted by Crippen LogP contribution is 2.38. The van der Waals surface area contributed by atoms with Gasteiger partial charge in [-0.3, -0.25) is 14.4 Å². The summed E-state index contributed by atoms with van der Waals surface area (Å²) in [7, 11) is 0. The van der Waals surface area contributed by atoms with Crippen molar-refractivity contribution in [1.82, 2.24) is 16.0 Å². The highest BCUT2D eigenvalue weighted by Gasteiger charge is 2.59. The van der Waals surface area contributed by atoms with Gasteiger partial charge in [-0.05, 0) is 19.3 Å². The maximum Gasteiger partial charge on any atom is 0.220 e. The molecule has 6 rings (SSSR count). The number of aliphatic hydroxyl groups excluding tert-OH is 18. The molecule has 0 radical (unpaired) electrons. The molecule has 0 aliphatic carbocycles.